The molecule has 54 valence electrons. The molecule has 1 unspecified atom stereocenters. The van der Waals surface area contributed by atoms with Crippen LogP contribution in [-0.2, 0) is 0 Å². The molecule has 0 radical (unpaired) electrons. The third-order valence-electron chi connectivity index (χ3n) is 1.57. The van der Waals surface area contributed by atoms with Crippen LogP contribution in [-0.4, -0.2) is 4.98 Å². The van der Waals surface area contributed by atoms with Gasteiger partial charge in [-0.3, -0.25) is 4.98 Å². The van der Waals surface area contributed by atoms with Crippen LogP contribution in [0.25, 0.3) is 0 Å². The molecule has 2 heteroatoms. The zero-order valence-electron chi connectivity index (χ0n) is 6.12. The Balaban J connectivity index is 2.75. The van der Waals surface area contributed by atoms with Crippen molar-refractivity contribution >= 4 is 0 Å². The third kappa shape index (κ3) is 1.54. The van der Waals surface area contributed by atoms with Crippen molar-refractivity contribution in [2.75, 3.05) is 0 Å². The van der Waals surface area contributed by atoms with Gasteiger partial charge in [-0.25, -0.2) is 0 Å². The molecule has 1 aromatic heterocycles. The van der Waals surface area contributed by atoms with Crippen LogP contribution in [0.1, 0.15) is 24.9 Å². The van der Waals surface area contributed by atoms with Gasteiger partial charge < -0.3 is 5.73 Å². The first-order valence-corrected chi connectivity index (χ1v) is 3.50. The predicted octanol–water partition coefficient (Wildman–Crippen LogP) is 1.49. The van der Waals surface area contributed by atoms with E-state index in [0.29, 0.717) is 0 Å². The molecule has 0 aliphatic carbocycles. The molecule has 0 bridgehead atoms. The van der Waals surface area contributed by atoms with Crippen LogP contribution in [0.2, 0.25) is 0 Å². The minimum atomic E-state index is 0.169. The second-order valence-corrected chi connectivity index (χ2v) is 2.30. The Morgan fingerprint density at radius 3 is 2.60 bits per heavy atom. The summed E-state index contributed by atoms with van der Waals surface area (Å²) in [6.45, 7) is 2.07. The van der Waals surface area contributed by atoms with Gasteiger partial charge in [0.05, 0.1) is 0 Å². The molecule has 0 aliphatic heterocycles. The van der Waals surface area contributed by atoms with E-state index in [1.54, 1.807) is 12.4 Å². The Bertz CT molecular complexity index is 184. The zero-order chi connectivity index (χ0) is 7.40. The summed E-state index contributed by atoms with van der Waals surface area (Å²) >= 11 is 0. The molecule has 1 rings (SSSR count). The van der Waals surface area contributed by atoms with Crippen LogP contribution in [0.3, 0.4) is 0 Å². The molecule has 0 saturated heterocycles. The average molecular weight is 136 g/mol. The molecule has 1 aromatic rings. The molecule has 1 heterocycles. The van der Waals surface area contributed by atoms with Crippen molar-refractivity contribution in [1.29, 1.82) is 0 Å². The number of aromatic nitrogens is 1. The van der Waals surface area contributed by atoms with Crippen molar-refractivity contribution < 1.29 is 0 Å². The quantitative estimate of drug-likeness (QED) is 0.669. The second kappa shape index (κ2) is 3.32. The Kier molecular flexibility index (Phi) is 2.40. The summed E-state index contributed by atoms with van der Waals surface area (Å²) in [6.07, 6.45) is 4.51. The summed E-state index contributed by atoms with van der Waals surface area (Å²) in [6, 6.07) is 4.07. The van der Waals surface area contributed by atoms with E-state index in [1.807, 2.05) is 12.1 Å². The van der Waals surface area contributed by atoms with Crippen LogP contribution in [0, 0.1) is 0 Å². The lowest BCUT2D eigenvalue weighted by atomic mass is 10.1. The minimum Gasteiger partial charge on any atom is -0.324 e. The van der Waals surface area contributed by atoms with Crippen molar-refractivity contribution in [3.63, 3.8) is 0 Å². The second-order valence-electron chi connectivity index (χ2n) is 2.30. The maximum atomic E-state index is 5.77. The van der Waals surface area contributed by atoms with Gasteiger partial charge in [0, 0.05) is 18.4 Å². The van der Waals surface area contributed by atoms with Crippen molar-refractivity contribution in [2.45, 2.75) is 19.4 Å². The standard InChI is InChI=1S/C8H12N2/c1-2-8(9)7-3-5-10-6-4-7/h3-6,8H,2,9H2,1H3. The van der Waals surface area contributed by atoms with Crippen molar-refractivity contribution in [2.24, 2.45) is 5.73 Å². The number of rotatable bonds is 2. The highest BCUT2D eigenvalue weighted by atomic mass is 14.6. The Labute approximate surface area is 61.1 Å². The molecule has 0 saturated carbocycles. The summed E-state index contributed by atoms with van der Waals surface area (Å²) in [7, 11) is 0. The highest BCUT2D eigenvalue weighted by Gasteiger charge is 1.99. The molecule has 0 amide bonds. The smallest absolute Gasteiger partial charge is 0.0293 e. The average Bonchev–Trinajstić information content (AvgIpc) is 2.05. The molecule has 0 aliphatic rings. The summed E-state index contributed by atoms with van der Waals surface area (Å²) in [5.41, 5.74) is 6.93. The first-order chi connectivity index (χ1) is 4.84. The van der Waals surface area contributed by atoms with E-state index in [9.17, 15) is 0 Å². The van der Waals surface area contributed by atoms with Gasteiger partial charge in [-0.1, -0.05) is 6.92 Å². The number of hydrogen-bond donors (Lipinski definition) is 1. The molecule has 2 nitrogen and oxygen atoms in total. The van der Waals surface area contributed by atoms with E-state index in [2.05, 4.69) is 11.9 Å². The lowest BCUT2D eigenvalue weighted by Crippen LogP contribution is -2.07. The Morgan fingerprint density at radius 2 is 2.10 bits per heavy atom. The van der Waals surface area contributed by atoms with E-state index >= 15 is 0 Å². The molecule has 2 N–H and O–H groups in total. The predicted molar refractivity (Wildman–Crippen MR) is 41.5 cm³/mol. The van der Waals surface area contributed by atoms with E-state index in [4.69, 9.17) is 5.73 Å². The Hall–Kier alpha value is -0.890. The lowest BCUT2D eigenvalue weighted by molar-refractivity contribution is 0.697. The van der Waals surface area contributed by atoms with E-state index in [-0.39, 0.29) is 6.04 Å². The van der Waals surface area contributed by atoms with E-state index in [0.717, 1.165) is 12.0 Å². The SMILES string of the molecule is CCC(N)c1ccncc1. The summed E-state index contributed by atoms with van der Waals surface area (Å²) in [5.74, 6) is 0. The monoisotopic (exact) mass is 136 g/mol. The number of hydrogen-bond acceptors (Lipinski definition) is 2. The maximum Gasteiger partial charge on any atom is 0.0293 e. The topological polar surface area (TPSA) is 38.9 Å². The first-order valence-electron chi connectivity index (χ1n) is 3.50. The summed E-state index contributed by atoms with van der Waals surface area (Å²) in [4.78, 5) is 3.91. The molecule has 0 aromatic carbocycles. The Morgan fingerprint density at radius 1 is 1.50 bits per heavy atom. The number of pyridine rings is 1. The third-order valence-corrected chi connectivity index (χ3v) is 1.57. The first kappa shape index (κ1) is 7.22. The van der Waals surface area contributed by atoms with Crippen LogP contribution in [0.5, 0.6) is 0 Å². The molecule has 1 atom stereocenters. The van der Waals surface area contributed by atoms with Gasteiger partial charge in [-0.05, 0) is 24.1 Å². The highest BCUT2D eigenvalue weighted by molar-refractivity contribution is 5.13. The van der Waals surface area contributed by atoms with Crippen molar-refractivity contribution in [1.82, 2.24) is 4.98 Å². The van der Waals surface area contributed by atoms with Gasteiger partial charge in [0.1, 0.15) is 0 Å². The van der Waals surface area contributed by atoms with Gasteiger partial charge in [-0.15, -0.1) is 0 Å². The largest absolute Gasteiger partial charge is 0.324 e. The summed E-state index contributed by atoms with van der Waals surface area (Å²) < 4.78 is 0. The fourth-order valence-corrected chi connectivity index (χ4v) is 0.846. The van der Waals surface area contributed by atoms with Gasteiger partial charge in [0.15, 0.2) is 0 Å². The van der Waals surface area contributed by atoms with Gasteiger partial charge in [0.25, 0.3) is 0 Å². The van der Waals surface area contributed by atoms with Crippen LogP contribution >= 0.6 is 0 Å². The van der Waals surface area contributed by atoms with E-state index in [1.165, 1.54) is 0 Å². The van der Waals surface area contributed by atoms with Crippen LogP contribution < -0.4 is 5.73 Å². The van der Waals surface area contributed by atoms with E-state index < -0.39 is 0 Å². The molecule has 0 spiro atoms. The van der Waals surface area contributed by atoms with Crippen LogP contribution in [0.4, 0.5) is 0 Å². The molecule has 10 heavy (non-hydrogen) atoms. The van der Waals surface area contributed by atoms with Crippen molar-refractivity contribution in [3.05, 3.63) is 30.1 Å². The molecular weight excluding hydrogens is 124 g/mol. The van der Waals surface area contributed by atoms with Gasteiger partial charge >= 0.3 is 0 Å². The number of nitrogens with zero attached hydrogens (tertiary/aromatic N) is 1. The van der Waals surface area contributed by atoms with Crippen LogP contribution in [0.15, 0.2) is 24.5 Å². The maximum absolute atomic E-state index is 5.77. The van der Waals surface area contributed by atoms with Gasteiger partial charge in [-0.2, -0.15) is 0 Å². The lowest BCUT2D eigenvalue weighted by Gasteiger charge is -2.06. The molecule has 0 fully saturated rings. The van der Waals surface area contributed by atoms with Gasteiger partial charge in [0.2, 0.25) is 0 Å². The van der Waals surface area contributed by atoms with Crippen molar-refractivity contribution in [3.8, 4) is 0 Å². The highest BCUT2D eigenvalue weighted by Crippen LogP contribution is 2.10. The molecular formula is C8H12N2. The summed E-state index contributed by atoms with van der Waals surface area (Å²) in [5, 5.41) is 0. The normalized spacial score (nSPS) is 13.0. The fraction of sp³-hybridized carbons (Fsp3) is 0.375. The number of nitrogens with two attached hydrogens (primary N) is 1. The minimum absolute atomic E-state index is 0.169. The fourth-order valence-electron chi connectivity index (χ4n) is 0.846. The zero-order valence-corrected chi connectivity index (χ0v) is 6.12.